The minimum Gasteiger partial charge on any atom is -0.369 e. The van der Waals surface area contributed by atoms with E-state index in [9.17, 15) is 9.59 Å². The summed E-state index contributed by atoms with van der Waals surface area (Å²) in [4.78, 5) is 27.8. The Hall–Kier alpha value is -1.89. The molecule has 2 amide bonds. The minimum absolute atomic E-state index is 0.135. The topological polar surface area (TPSA) is 84.5 Å². The van der Waals surface area contributed by atoms with E-state index in [1.165, 1.54) is 0 Å². The lowest BCUT2D eigenvalue weighted by molar-refractivity contribution is -0.130. The smallest absolute Gasteiger partial charge is 0.231 e. The van der Waals surface area contributed by atoms with Crippen molar-refractivity contribution in [2.24, 2.45) is 11.7 Å². The quantitative estimate of drug-likeness (QED) is 0.820. The van der Waals surface area contributed by atoms with Gasteiger partial charge in [-0.25, -0.2) is 0 Å². The van der Waals surface area contributed by atoms with E-state index in [1.54, 1.807) is 0 Å². The van der Waals surface area contributed by atoms with Gasteiger partial charge in [-0.2, -0.15) is 5.10 Å². The zero-order valence-electron chi connectivity index (χ0n) is 15.9. The van der Waals surface area contributed by atoms with Crippen LogP contribution in [0, 0.1) is 19.8 Å². The number of primary amides is 1. The first kappa shape index (κ1) is 19.4. The fraction of sp³-hybridized carbons (Fsp3) is 0.722. The molecule has 0 aromatic carbocycles. The molecule has 0 atom stereocenters. The van der Waals surface area contributed by atoms with Crippen molar-refractivity contribution >= 4 is 11.8 Å². The van der Waals surface area contributed by atoms with Crippen LogP contribution in [-0.4, -0.2) is 64.1 Å². The Morgan fingerprint density at radius 3 is 2.52 bits per heavy atom. The fourth-order valence-electron chi connectivity index (χ4n) is 3.38. The van der Waals surface area contributed by atoms with Gasteiger partial charge in [0.2, 0.25) is 11.8 Å². The number of nitrogens with two attached hydrogens (primary N) is 1. The highest BCUT2D eigenvalue weighted by molar-refractivity contribution is 5.79. The molecule has 2 N–H and O–H groups in total. The SMILES string of the molecule is Cc1nn(CC(C)C)c(C)c1CC(=O)N1CCCN(CC(N)=O)CC1. The average molecular weight is 349 g/mol. The van der Waals surface area contributed by atoms with E-state index in [-0.39, 0.29) is 18.4 Å². The maximum absolute atomic E-state index is 12.8. The van der Waals surface area contributed by atoms with E-state index in [2.05, 4.69) is 18.9 Å². The van der Waals surface area contributed by atoms with Gasteiger partial charge in [0.15, 0.2) is 0 Å². The number of rotatable bonds is 6. The lowest BCUT2D eigenvalue weighted by atomic mass is 10.1. The molecule has 0 unspecified atom stereocenters. The van der Waals surface area contributed by atoms with Crippen LogP contribution in [-0.2, 0) is 22.6 Å². The van der Waals surface area contributed by atoms with Crippen molar-refractivity contribution in [1.29, 1.82) is 0 Å². The molecular formula is C18H31N5O2. The summed E-state index contributed by atoms with van der Waals surface area (Å²) in [6.45, 7) is 12.3. The first-order chi connectivity index (χ1) is 11.8. The van der Waals surface area contributed by atoms with Crippen LogP contribution >= 0.6 is 0 Å². The first-order valence-electron chi connectivity index (χ1n) is 9.09. The molecule has 7 heteroatoms. The molecule has 0 radical (unpaired) electrons. The summed E-state index contributed by atoms with van der Waals surface area (Å²) >= 11 is 0. The lowest BCUT2D eigenvalue weighted by Gasteiger charge is -2.21. The van der Waals surface area contributed by atoms with Crippen molar-refractivity contribution in [1.82, 2.24) is 19.6 Å². The Morgan fingerprint density at radius 2 is 1.88 bits per heavy atom. The van der Waals surface area contributed by atoms with E-state index in [0.29, 0.717) is 25.4 Å². The van der Waals surface area contributed by atoms with E-state index in [0.717, 1.165) is 43.0 Å². The highest BCUT2D eigenvalue weighted by Crippen LogP contribution is 2.17. The van der Waals surface area contributed by atoms with E-state index >= 15 is 0 Å². The Balaban J connectivity index is 2.00. The van der Waals surface area contributed by atoms with Gasteiger partial charge in [-0.1, -0.05) is 13.8 Å². The molecule has 1 aliphatic heterocycles. The lowest BCUT2D eigenvalue weighted by Crippen LogP contribution is -2.38. The summed E-state index contributed by atoms with van der Waals surface area (Å²) in [5.74, 6) is 0.336. The Morgan fingerprint density at radius 1 is 1.16 bits per heavy atom. The molecule has 1 aromatic heterocycles. The Bertz CT molecular complexity index is 623. The summed E-state index contributed by atoms with van der Waals surface area (Å²) in [6.07, 6.45) is 1.26. The van der Waals surface area contributed by atoms with Crippen molar-refractivity contribution in [3.63, 3.8) is 0 Å². The van der Waals surface area contributed by atoms with E-state index in [4.69, 9.17) is 5.73 Å². The van der Waals surface area contributed by atoms with Gasteiger partial charge >= 0.3 is 0 Å². The van der Waals surface area contributed by atoms with Gasteiger partial charge < -0.3 is 10.6 Å². The molecular weight excluding hydrogens is 318 g/mol. The second-order valence-corrected chi connectivity index (χ2v) is 7.38. The maximum Gasteiger partial charge on any atom is 0.231 e. The minimum atomic E-state index is -0.316. The number of carbonyl (C=O) groups is 2. The second kappa shape index (κ2) is 8.47. The summed E-state index contributed by atoms with van der Waals surface area (Å²) in [5.41, 5.74) is 8.34. The van der Waals surface area contributed by atoms with Gasteiger partial charge in [0.25, 0.3) is 0 Å². The predicted octanol–water partition coefficient (Wildman–Crippen LogP) is 0.718. The number of amides is 2. The highest BCUT2D eigenvalue weighted by Gasteiger charge is 2.22. The molecule has 25 heavy (non-hydrogen) atoms. The first-order valence-corrected chi connectivity index (χ1v) is 9.09. The fourth-order valence-corrected chi connectivity index (χ4v) is 3.38. The molecule has 0 saturated carbocycles. The van der Waals surface area contributed by atoms with Gasteiger partial charge in [0.05, 0.1) is 18.7 Å². The number of nitrogens with zero attached hydrogens (tertiary/aromatic N) is 4. The molecule has 0 spiro atoms. The monoisotopic (exact) mass is 349 g/mol. The van der Waals surface area contributed by atoms with Gasteiger partial charge in [-0.05, 0) is 26.2 Å². The van der Waals surface area contributed by atoms with Crippen LogP contribution in [0.25, 0.3) is 0 Å². The standard InChI is InChI=1S/C18H31N5O2/c1-13(2)11-23-15(4)16(14(3)20-23)10-18(25)22-7-5-6-21(8-9-22)12-17(19)24/h13H,5-12H2,1-4H3,(H2,19,24). The largest absolute Gasteiger partial charge is 0.369 e. The normalized spacial score (nSPS) is 16.3. The number of aryl methyl sites for hydroxylation is 1. The molecule has 2 heterocycles. The molecule has 7 nitrogen and oxygen atoms in total. The summed E-state index contributed by atoms with van der Waals surface area (Å²) in [5, 5.41) is 4.60. The Labute approximate surface area is 150 Å². The molecule has 0 aliphatic carbocycles. The van der Waals surface area contributed by atoms with Crippen molar-refractivity contribution in [2.45, 2.75) is 47.1 Å². The predicted molar refractivity (Wildman–Crippen MR) is 97.1 cm³/mol. The van der Waals surface area contributed by atoms with Gasteiger partial charge in [0, 0.05) is 44.0 Å². The van der Waals surface area contributed by atoms with Gasteiger partial charge in [0.1, 0.15) is 0 Å². The van der Waals surface area contributed by atoms with Crippen LogP contribution in [0.2, 0.25) is 0 Å². The van der Waals surface area contributed by atoms with E-state index in [1.807, 2.05) is 28.3 Å². The number of hydrogen-bond donors (Lipinski definition) is 1. The Kier molecular flexibility index (Phi) is 6.58. The summed E-state index contributed by atoms with van der Waals surface area (Å²) < 4.78 is 2.01. The number of hydrogen-bond acceptors (Lipinski definition) is 4. The third kappa shape index (κ3) is 5.29. The molecule has 1 aliphatic rings. The molecule has 140 valence electrons. The summed E-state index contributed by atoms with van der Waals surface area (Å²) in [7, 11) is 0. The van der Waals surface area contributed by atoms with Gasteiger partial charge in [-0.15, -0.1) is 0 Å². The van der Waals surface area contributed by atoms with Crippen molar-refractivity contribution in [3.05, 3.63) is 17.0 Å². The molecule has 1 aromatic rings. The van der Waals surface area contributed by atoms with Crippen LogP contribution in [0.5, 0.6) is 0 Å². The number of aromatic nitrogens is 2. The third-order valence-corrected chi connectivity index (χ3v) is 4.72. The molecule has 0 bridgehead atoms. The van der Waals surface area contributed by atoms with Crippen molar-refractivity contribution < 1.29 is 9.59 Å². The van der Waals surface area contributed by atoms with Crippen molar-refractivity contribution in [3.8, 4) is 0 Å². The molecule has 1 fully saturated rings. The van der Waals surface area contributed by atoms with Crippen LogP contribution in [0.4, 0.5) is 0 Å². The second-order valence-electron chi connectivity index (χ2n) is 7.38. The summed E-state index contributed by atoms with van der Waals surface area (Å²) in [6, 6.07) is 0. The van der Waals surface area contributed by atoms with Gasteiger partial charge in [-0.3, -0.25) is 19.2 Å². The van der Waals surface area contributed by atoms with Crippen LogP contribution in [0.15, 0.2) is 0 Å². The zero-order valence-corrected chi connectivity index (χ0v) is 15.9. The number of carbonyl (C=O) groups excluding carboxylic acids is 2. The molecule has 2 rings (SSSR count). The van der Waals surface area contributed by atoms with Crippen LogP contribution in [0.1, 0.15) is 37.2 Å². The van der Waals surface area contributed by atoms with Crippen LogP contribution in [0.3, 0.4) is 0 Å². The third-order valence-electron chi connectivity index (χ3n) is 4.72. The highest BCUT2D eigenvalue weighted by atomic mass is 16.2. The maximum atomic E-state index is 12.8. The average Bonchev–Trinajstić information content (AvgIpc) is 2.69. The van der Waals surface area contributed by atoms with Crippen molar-refractivity contribution in [2.75, 3.05) is 32.7 Å². The zero-order chi connectivity index (χ0) is 18.6. The van der Waals surface area contributed by atoms with Crippen LogP contribution < -0.4 is 5.73 Å². The molecule has 1 saturated heterocycles. The van der Waals surface area contributed by atoms with E-state index < -0.39 is 0 Å².